The molecule has 0 spiro atoms. The van der Waals surface area contributed by atoms with Gasteiger partial charge in [-0.1, -0.05) is 33.8 Å². The van der Waals surface area contributed by atoms with E-state index < -0.39 is 0 Å². The second-order valence-corrected chi connectivity index (χ2v) is 6.48. The zero-order valence-electron chi connectivity index (χ0n) is 12.7. The van der Waals surface area contributed by atoms with Crippen molar-refractivity contribution in [2.24, 2.45) is 5.41 Å². The molecule has 0 bridgehead atoms. The molecule has 1 aromatic carbocycles. The Morgan fingerprint density at radius 2 is 2.00 bits per heavy atom. The van der Waals surface area contributed by atoms with Gasteiger partial charge in [0.2, 0.25) is 0 Å². The molecule has 0 fully saturated rings. The number of ether oxygens (including phenoxy) is 1. The quantitative estimate of drug-likeness (QED) is 0.766. The Morgan fingerprint density at radius 1 is 1.32 bits per heavy atom. The summed E-state index contributed by atoms with van der Waals surface area (Å²) < 4.78 is 6.32. The number of halogens is 1. The third-order valence-electron chi connectivity index (χ3n) is 3.80. The van der Waals surface area contributed by atoms with Gasteiger partial charge in [-0.25, -0.2) is 0 Å². The molecule has 0 aliphatic carbocycles. The SMILES string of the molecule is CCCNC(c1ccc(OC)c(Br)c1)C(C)(C)CC. The summed E-state index contributed by atoms with van der Waals surface area (Å²) in [6.07, 6.45) is 2.28. The summed E-state index contributed by atoms with van der Waals surface area (Å²) in [7, 11) is 1.70. The van der Waals surface area contributed by atoms with Crippen molar-refractivity contribution in [3.05, 3.63) is 28.2 Å². The summed E-state index contributed by atoms with van der Waals surface area (Å²) in [6, 6.07) is 6.73. The Labute approximate surface area is 126 Å². The number of nitrogens with one attached hydrogen (secondary N) is 1. The standard InChI is InChI=1S/C16H26BrNO/c1-6-10-18-15(16(3,4)7-2)12-8-9-14(19-5)13(17)11-12/h8-9,11,15,18H,6-7,10H2,1-5H3. The molecular weight excluding hydrogens is 302 g/mol. The third kappa shape index (κ3) is 4.22. The molecule has 0 aliphatic heterocycles. The van der Waals surface area contributed by atoms with Gasteiger partial charge in [-0.3, -0.25) is 0 Å². The Hall–Kier alpha value is -0.540. The van der Waals surface area contributed by atoms with E-state index >= 15 is 0 Å². The minimum Gasteiger partial charge on any atom is -0.496 e. The highest BCUT2D eigenvalue weighted by Crippen LogP contribution is 2.38. The first kappa shape index (κ1) is 16.5. The second-order valence-electron chi connectivity index (χ2n) is 5.62. The molecule has 1 atom stereocenters. The van der Waals surface area contributed by atoms with Crippen molar-refractivity contribution in [2.75, 3.05) is 13.7 Å². The van der Waals surface area contributed by atoms with Crippen LogP contribution in [0, 0.1) is 5.41 Å². The maximum atomic E-state index is 5.31. The van der Waals surface area contributed by atoms with Crippen molar-refractivity contribution in [1.29, 1.82) is 0 Å². The van der Waals surface area contributed by atoms with Crippen LogP contribution >= 0.6 is 15.9 Å². The zero-order valence-corrected chi connectivity index (χ0v) is 14.3. The number of benzene rings is 1. The highest BCUT2D eigenvalue weighted by atomic mass is 79.9. The number of methoxy groups -OCH3 is 1. The van der Waals surface area contributed by atoms with Crippen molar-refractivity contribution < 1.29 is 4.74 Å². The lowest BCUT2D eigenvalue weighted by Crippen LogP contribution is -2.34. The highest BCUT2D eigenvalue weighted by molar-refractivity contribution is 9.10. The van der Waals surface area contributed by atoms with E-state index in [4.69, 9.17) is 4.74 Å². The molecule has 0 aliphatic rings. The maximum absolute atomic E-state index is 5.31. The second kappa shape index (κ2) is 7.30. The van der Waals surface area contributed by atoms with E-state index in [9.17, 15) is 0 Å². The molecule has 0 saturated heterocycles. The molecule has 0 radical (unpaired) electrons. The minimum absolute atomic E-state index is 0.225. The molecule has 19 heavy (non-hydrogen) atoms. The Balaban J connectivity index is 3.06. The van der Waals surface area contributed by atoms with Crippen LogP contribution < -0.4 is 10.1 Å². The lowest BCUT2D eigenvalue weighted by molar-refractivity contribution is 0.234. The van der Waals surface area contributed by atoms with E-state index in [1.165, 1.54) is 5.56 Å². The molecule has 1 aromatic rings. The van der Waals surface area contributed by atoms with E-state index in [-0.39, 0.29) is 5.41 Å². The van der Waals surface area contributed by atoms with Crippen molar-refractivity contribution in [2.45, 2.75) is 46.6 Å². The monoisotopic (exact) mass is 327 g/mol. The van der Waals surface area contributed by atoms with E-state index in [0.29, 0.717) is 6.04 Å². The van der Waals surface area contributed by atoms with E-state index in [0.717, 1.165) is 29.6 Å². The average Bonchev–Trinajstić information content (AvgIpc) is 2.39. The predicted octanol–water partition coefficient (Wildman–Crippen LogP) is 4.93. The fraction of sp³-hybridized carbons (Fsp3) is 0.625. The van der Waals surface area contributed by atoms with Gasteiger partial charge >= 0.3 is 0 Å². The third-order valence-corrected chi connectivity index (χ3v) is 4.42. The summed E-state index contributed by atoms with van der Waals surface area (Å²) in [5, 5.41) is 3.68. The summed E-state index contributed by atoms with van der Waals surface area (Å²) in [4.78, 5) is 0. The maximum Gasteiger partial charge on any atom is 0.133 e. The van der Waals surface area contributed by atoms with Crippen LogP contribution in [0.25, 0.3) is 0 Å². The van der Waals surface area contributed by atoms with Gasteiger partial charge in [0.1, 0.15) is 5.75 Å². The van der Waals surface area contributed by atoms with Gasteiger partial charge in [-0.15, -0.1) is 0 Å². The van der Waals surface area contributed by atoms with Gasteiger partial charge in [0.25, 0.3) is 0 Å². The Bertz CT molecular complexity index is 404. The average molecular weight is 328 g/mol. The van der Waals surface area contributed by atoms with Gasteiger partial charge in [0.05, 0.1) is 11.6 Å². The Kier molecular flexibility index (Phi) is 6.34. The van der Waals surface area contributed by atoms with Gasteiger partial charge < -0.3 is 10.1 Å². The first-order chi connectivity index (χ1) is 8.96. The molecule has 0 saturated carbocycles. The fourth-order valence-corrected chi connectivity index (χ4v) is 2.76. The van der Waals surface area contributed by atoms with E-state index in [2.05, 4.69) is 61.1 Å². The minimum atomic E-state index is 0.225. The van der Waals surface area contributed by atoms with Crippen LogP contribution in [-0.2, 0) is 0 Å². The van der Waals surface area contributed by atoms with Crippen LogP contribution in [0.15, 0.2) is 22.7 Å². The number of rotatable bonds is 7. The van der Waals surface area contributed by atoms with Gasteiger partial charge in [0.15, 0.2) is 0 Å². The summed E-state index contributed by atoms with van der Waals surface area (Å²) in [6.45, 7) is 10.1. The van der Waals surface area contributed by atoms with Gasteiger partial charge in [0, 0.05) is 6.04 Å². The van der Waals surface area contributed by atoms with Crippen LogP contribution in [-0.4, -0.2) is 13.7 Å². The van der Waals surface area contributed by atoms with E-state index in [1.807, 2.05) is 6.07 Å². The molecule has 1 N–H and O–H groups in total. The Morgan fingerprint density at radius 3 is 2.47 bits per heavy atom. The molecule has 0 heterocycles. The van der Waals surface area contributed by atoms with Gasteiger partial charge in [-0.05, 0) is 58.4 Å². The molecule has 1 unspecified atom stereocenters. The first-order valence-corrected chi connectivity index (χ1v) is 7.82. The van der Waals surface area contributed by atoms with Gasteiger partial charge in [-0.2, -0.15) is 0 Å². The first-order valence-electron chi connectivity index (χ1n) is 7.03. The number of hydrogen-bond donors (Lipinski definition) is 1. The van der Waals surface area contributed by atoms with Crippen LogP contribution in [0.1, 0.15) is 52.1 Å². The van der Waals surface area contributed by atoms with Crippen LogP contribution in [0.5, 0.6) is 5.75 Å². The lowest BCUT2D eigenvalue weighted by Gasteiger charge is -2.35. The highest BCUT2D eigenvalue weighted by Gasteiger charge is 2.28. The zero-order chi connectivity index (χ0) is 14.5. The molecular formula is C16H26BrNO. The van der Waals surface area contributed by atoms with E-state index in [1.54, 1.807) is 7.11 Å². The van der Waals surface area contributed by atoms with Crippen molar-refractivity contribution >= 4 is 15.9 Å². The van der Waals surface area contributed by atoms with Crippen LogP contribution in [0.3, 0.4) is 0 Å². The fourth-order valence-electron chi connectivity index (χ4n) is 2.20. The molecule has 0 aromatic heterocycles. The normalized spacial score (nSPS) is 13.4. The summed E-state index contributed by atoms with van der Waals surface area (Å²) >= 11 is 3.58. The smallest absolute Gasteiger partial charge is 0.133 e. The summed E-state index contributed by atoms with van der Waals surface area (Å²) in [5.74, 6) is 0.882. The van der Waals surface area contributed by atoms with Crippen LogP contribution in [0.2, 0.25) is 0 Å². The number of hydrogen-bond acceptors (Lipinski definition) is 2. The van der Waals surface area contributed by atoms with Crippen molar-refractivity contribution in [3.63, 3.8) is 0 Å². The molecule has 0 amide bonds. The largest absolute Gasteiger partial charge is 0.496 e. The molecule has 2 nitrogen and oxygen atoms in total. The van der Waals surface area contributed by atoms with Crippen molar-refractivity contribution in [1.82, 2.24) is 5.32 Å². The van der Waals surface area contributed by atoms with Crippen LogP contribution in [0.4, 0.5) is 0 Å². The lowest BCUT2D eigenvalue weighted by atomic mass is 9.78. The molecule has 108 valence electrons. The van der Waals surface area contributed by atoms with Crippen molar-refractivity contribution in [3.8, 4) is 5.75 Å². The molecule has 1 rings (SSSR count). The predicted molar refractivity (Wildman–Crippen MR) is 85.8 cm³/mol. The molecule has 3 heteroatoms. The summed E-state index contributed by atoms with van der Waals surface area (Å²) in [5.41, 5.74) is 1.54. The topological polar surface area (TPSA) is 21.3 Å².